The van der Waals surface area contributed by atoms with Crippen molar-refractivity contribution in [1.82, 2.24) is 0 Å². The van der Waals surface area contributed by atoms with Gasteiger partial charge in [0, 0.05) is 23.3 Å². The van der Waals surface area contributed by atoms with Gasteiger partial charge >= 0.3 is 0 Å². The number of carbonyl (C=O) groups is 1. The molecule has 0 amide bonds. The predicted molar refractivity (Wildman–Crippen MR) is 70.7 cm³/mol. The molecule has 0 bridgehead atoms. The third-order valence-corrected chi connectivity index (χ3v) is 2.43. The van der Waals surface area contributed by atoms with Gasteiger partial charge in [-0.05, 0) is 18.1 Å². The van der Waals surface area contributed by atoms with E-state index in [1.807, 2.05) is 6.07 Å². The van der Waals surface area contributed by atoms with E-state index in [0.29, 0.717) is 11.1 Å². The number of hydrogen-bond acceptors (Lipinski definition) is 3. The summed E-state index contributed by atoms with van der Waals surface area (Å²) in [5.74, 6) is 4.91. The van der Waals surface area contributed by atoms with Gasteiger partial charge < -0.3 is 0 Å². The third-order valence-electron chi connectivity index (χ3n) is 2.43. The molecule has 2 aromatic carbocycles. The Balaban J connectivity index is 2.16. The maximum absolute atomic E-state index is 11.7. The Morgan fingerprint density at radius 3 is 2.21 bits per heavy atom. The number of hydrogen-bond donors (Lipinski definition) is 0. The van der Waals surface area contributed by atoms with Crippen molar-refractivity contribution < 1.29 is 9.72 Å². The molecule has 0 aliphatic rings. The number of nitro benzene ring substituents is 1. The molecule has 0 saturated carbocycles. The van der Waals surface area contributed by atoms with Crippen LogP contribution in [0.4, 0.5) is 5.69 Å². The van der Waals surface area contributed by atoms with Crippen LogP contribution in [0.2, 0.25) is 0 Å². The van der Waals surface area contributed by atoms with Gasteiger partial charge in [0.05, 0.1) is 4.92 Å². The monoisotopic (exact) mass is 251 g/mol. The molecule has 19 heavy (non-hydrogen) atoms. The molecular weight excluding hydrogens is 242 g/mol. The minimum Gasteiger partial charge on any atom is -0.279 e. The largest absolute Gasteiger partial charge is 0.279 e. The number of Topliss-reactive ketones (excluding diaryl/α,β-unsaturated/α-hetero) is 1. The van der Waals surface area contributed by atoms with Crippen molar-refractivity contribution in [2.75, 3.05) is 0 Å². The summed E-state index contributed by atoms with van der Waals surface area (Å²) in [6, 6.07) is 14.5. The molecule has 0 N–H and O–H groups in total. The van der Waals surface area contributed by atoms with Crippen molar-refractivity contribution >= 4 is 11.5 Å². The summed E-state index contributed by atoms with van der Waals surface area (Å²) in [6.45, 7) is 0. The van der Waals surface area contributed by atoms with Crippen molar-refractivity contribution in [3.63, 3.8) is 0 Å². The number of carbonyl (C=O) groups excluding carboxylic acids is 1. The number of benzene rings is 2. The average Bonchev–Trinajstić information content (AvgIpc) is 2.46. The molecule has 4 heteroatoms. The lowest BCUT2D eigenvalue weighted by atomic mass is 10.1. The first-order valence-corrected chi connectivity index (χ1v) is 5.52. The Morgan fingerprint density at radius 2 is 1.63 bits per heavy atom. The summed E-state index contributed by atoms with van der Waals surface area (Å²) in [5, 5.41) is 10.5. The number of nitro groups is 1. The summed E-state index contributed by atoms with van der Waals surface area (Å²) in [4.78, 5) is 21.7. The molecular formula is C15H9NO3. The van der Waals surface area contributed by atoms with Crippen LogP contribution in [0, 0.1) is 22.0 Å². The van der Waals surface area contributed by atoms with Gasteiger partial charge in [-0.2, -0.15) is 0 Å². The van der Waals surface area contributed by atoms with Gasteiger partial charge in [-0.25, -0.2) is 0 Å². The zero-order valence-electron chi connectivity index (χ0n) is 9.87. The van der Waals surface area contributed by atoms with Crippen molar-refractivity contribution in [2.45, 2.75) is 0 Å². The van der Waals surface area contributed by atoms with Gasteiger partial charge in [-0.1, -0.05) is 36.3 Å². The van der Waals surface area contributed by atoms with E-state index < -0.39 is 4.92 Å². The lowest BCUT2D eigenvalue weighted by molar-refractivity contribution is -0.384. The zero-order valence-corrected chi connectivity index (χ0v) is 9.87. The fourth-order valence-electron chi connectivity index (χ4n) is 1.46. The number of ketones is 1. The maximum Gasteiger partial charge on any atom is 0.269 e. The van der Waals surface area contributed by atoms with Crippen LogP contribution in [0.1, 0.15) is 15.9 Å². The first-order chi connectivity index (χ1) is 9.16. The van der Waals surface area contributed by atoms with E-state index in [1.54, 1.807) is 24.3 Å². The first-order valence-electron chi connectivity index (χ1n) is 5.52. The fourth-order valence-corrected chi connectivity index (χ4v) is 1.46. The summed E-state index contributed by atoms with van der Waals surface area (Å²) < 4.78 is 0. The number of non-ortho nitro benzene ring substituents is 1. The highest BCUT2D eigenvalue weighted by molar-refractivity contribution is 6.09. The number of rotatable bonds is 2. The lowest BCUT2D eigenvalue weighted by Crippen LogP contribution is -1.93. The van der Waals surface area contributed by atoms with Crippen molar-refractivity contribution in [3.05, 3.63) is 75.8 Å². The van der Waals surface area contributed by atoms with Crippen LogP contribution >= 0.6 is 0 Å². The standard InChI is InChI=1S/C15H9NO3/c17-15(13-4-2-1-3-5-13)11-8-12-6-9-14(10-7-12)16(18)19/h1-7,9-10H. The molecule has 0 aliphatic carbocycles. The van der Waals surface area contributed by atoms with Gasteiger partial charge in [-0.15, -0.1) is 0 Å². The quantitative estimate of drug-likeness (QED) is 0.357. The van der Waals surface area contributed by atoms with E-state index in [2.05, 4.69) is 11.8 Å². The molecule has 0 aromatic heterocycles. The number of nitrogens with zero attached hydrogens (tertiary/aromatic N) is 1. The summed E-state index contributed by atoms with van der Waals surface area (Å²) in [7, 11) is 0. The average molecular weight is 251 g/mol. The predicted octanol–water partition coefficient (Wildman–Crippen LogP) is 2.83. The van der Waals surface area contributed by atoms with E-state index in [9.17, 15) is 14.9 Å². The second-order valence-corrected chi connectivity index (χ2v) is 3.75. The highest BCUT2D eigenvalue weighted by Crippen LogP contribution is 2.11. The van der Waals surface area contributed by atoms with Crippen LogP contribution in [-0.2, 0) is 0 Å². The van der Waals surface area contributed by atoms with Gasteiger partial charge in [0.25, 0.3) is 5.69 Å². The van der Waals surface area contributed by atoms with Crippen molar-refractivity contribution in [1.29, 1.82) is 0 Å². The van der Waals surface area contributed by atoms with Crippen LogP contribution in [-0.4, -0.2) is 10.7 Å². The normalized spacial score (nSPS) is 9.26. The van der Waals surface area contributed by atoms with E-state index in [-0.39, 0.29) is 11.5 Å². The molecule has 0 radical (unpaired) electrons. The van der Waals surface area contributed by atoms with Crippen LogP contribution in [0.5, 0.6) is 0 Å². The zero-order chi connectivity index (χ0) is 13.7. The van der Waals surface area contributed by atoms with Crippen LogP contribution < -0.4 is 0 Å². The minimum absolute atomic E-state index is 0.0000593. The summed E-state index contributed by atoms with van der Waals surface area (Å²) >= 11 is 0. The Labute approximate surface area is 109 Å². The molecule has 0 aliphatic heterocycles. The maximum atomic E-state index is 11.7. The van der Waals surface area contributed by atoms with Crippen LogP contribution in [0.25, 0.3) is 0 Å². The highest BCUT2D eigenvalue weighted by Gasteiger charge is 2.03. The first kappa shape index (κ1) is 12.5. The van der Waals surface area contributed by atoms with Gasteiger partial charge in [0.15, 0.2) is 0 Å². The van der Waals surface area contributed by atoms with E-state index >= 15 is 0 Å². The molecule has 2 aromatic rings. The Hall–Kier alpha value is -2.93. The molecule has 0 atom stereocenters. The Morgan fingerprint density at radius 1 is 1.00 bits per heavy atom. The molecule has 2 rings (SSSR count). The summed E-state index contributed by atoms with van der Waals surface area (Å²) in [6.07, 6.45) is 0. The van der Waals surface area contributed by atoms with Gasteiger partial charge in [-0.3, -0.25) is 14.9 Å². The van der Waals surface area contributed by atoms with Gasteiger partial charge in [0.1, 0.15) is 0 Å². The Bertz CT molecular complexity index is 664. The molecule has 0 spiro atoms. The third kappa shape index (κ3) is 3.27. The molecule has 0 heterocycles. The Kier molecular flexibility index (Phi) is 3.70. The van der Waals surface area contributed by atoms with E-state index in [1.165, 1.54) is 24.3 Å². The van der Waals surface area contributed by atoms with Crippen LogP contribution in [0.15, 0.2) is 54.6 Å². The molecule has 0 saturated heterocycles. The fraction of sp³-hybridized carbons (Fsp3) is 0. The topological polar surface area (TPSA) is 60.2 Å². The second-order valence-electron chi connectivity index (χ2n) is 3.75. The SMILES string of the molecule is O=C(C#Cc1ccc([N+](=O)[O-])cc1)c1ccccc1. The second kappa shape index (κ2) is 5.61. The van der Waals surface area contributed by atoms with Gasteiger partial charge in [0.2, 0.25) is 5.78 Å². The van der Waals surface area contributed by atoms with Crippen molar-refractivity contribution in [2.24, 2.45) is 0 Å². The lowest BCUT2D eigenvalue weighted by Gasteiger charge is -1.92. The van der Waals surface area contributed by atoms with E-state index in [4.69, 9.17) is 0 Å². The van der Waals surface area contributed by atoms with Crippen LogP contribution in [0.3, 0.4) is 0 Å². The smallest absolute Gasteiger partial charge is 0.269 e. The summed E-state index contributed by atoms with van der Waals surface area (Å²) in [5.41, 5.74) is 1.09. The molecule has 0 fully saturated rings. The molecule has 0 unspecified atom stereocenters. The highest BCUT2D eigenvalue weighted by atomic mass is 16.6. The molecule has 4 nitrogen and oxygen atoms in total. The molecule has 92 valence electrons. The minimum atomic E-state index is -0.480. The van der Waals surface area contributed by atoms with Crippen molar-refractivity contribution in [3.8, 4) is 11.8 Å². The van der Waals surface area contributed by atoms with E-state index in [0.717, 1.165) is 0 Å².